The van der Waals surface area contributed by atoms with Gasteiger partial charge in [0.05, 0.1) is 25.4 Å². The molecule has 0 saturated carbocycles. The summed E-state index contributed by atoms with van der Waals surface area (Å²) >= 11 is 0. The maximum absolute atomic E-state index is 12.5. The minimum atomic E-state index is -0.850. The van der Waals surface area contributed by atoms with E-state index in [1.807, 2.05) is 6.08 Å². The van der Waals surface area contributed by atoms with Crippen LogP contribution in [0.5, 0.6) is 0 Å². The molecule has 0 aliphatic heterocycles. The van der Waals surface area contributed by atoms with Gasteiger partial charge in [-0.1, -0.05) is 308 Å². The standard InChI is InChI=1S/C65H125NO5/c1-3-5-7-9-11-13-15-17-18-19-20-22-25-28-31-34-37-41-45-49-53-57-63(68)62(61-67)66-64(69)58-54-50-46-42-38-35-32-29-26-23-21-24-27-30-33-36-40-44-48-52-56-60-71-65(70)59-55-51-47-43-39-16-14-12-10-8-6-4-2/h23,26,53,57,62-63,67-68H,3-22,24-25,27-52,54-56,58-61H2,1-2H3,(H,66,69)/b26-23-,57-53+. The van der Waals surface area contributed by atoms with Crippen LogP contribution in [0.1, 0.15) is 354 Å². The molecule has 0 aliphatic carbocycles. The van der Waals surface area contributed by atoms with E-state index in [4.69, 9.17) is 4.74 Å². The van der Waals surface area contributed by atoms with Gasteiger partial charge in [-0.2, -0.15) is 0 Å². The lowest BCUT2D eigenvalue weighted by Crippen LogP contribution is -2.45. The molecule has 0 bridgehead atoms. The lowest BCUT2D eigenvalue weighted by atomic mass is 10.0. The highest BCUT2D eigenvalue weighted by Crippen LogP contribution is 2.18. The molecule has 2 unspecified atom stereocenters. The number of unbranched alkanes of at least 4 members (excludes halogenated alkanes) is 47. The Balaban J connectivity index is 3.46. The summed E-state index contributed by atoms with van der Waals surface area (Å²) < 4.78 is 5.47. The van der Waals surface area contributed by atoms with Crippen LogP contribution in [-0.4, -0.2) is 47.4 Å². The van der Waals surface area contributed by atoms with Gasteiger partial charge in [0.1, 0.15) is 0 Å². The molecule has 0 heterocycles. The van der Waals surface area contributed by atoms with Crippen molar-refractivity contribution < 1.29 is 24.5 Å². The highest BCUT2D eigenvalue weighted by molar-refractivity contribution is 5.76. The number of nitrogens with one attached hydrogen (secondary N) is 1. The Morgan fingerprint density at radius 1 is 0.380 bits per heavy atom. The van der Waals surface area contributed by atoms with E-state index in [-0.39, 0.29) is 18.5 Å². The number of rotatable bonds is 60. The third-order valence-corrected chi connectivity index (χ3v) is 15.0. The van der Waals surface area contributed by atoms with E-state index in [2.05, 4.69) is 31.3 Å². The summed E-state index contributed by atoms with van der Waals surface area (Å²) in [5, 5.41) is 23.2. The molecule has 0 aliphatic rings. The molecule has 0 aromatic heterocycles. The summed E-state index contributed by atoms with van der Waals surface area (Å²) in [7, 11) is 0. The quantitative estimate of drug-likeness (QED) is 0.0320. The van der Waals surface area contributed by atoms with Crippen LogP contribution in [0.25, 0.3) is 0 Å². The maximum Gasteiger partial charge on any atom is 0.305 e. The van der Waals surface area contributed by atoms with Gasteiger partial charge in [0.25, 0.3) is 0 Å². The van der Waals surface area contributed by atoms with Gasteiger partial charge in [-0.25, -0.2) is 0 Å². The SMILES string of the molecule is CCCCCCCCCCCCCCCCCCCCC/C=C/C(O)C(CO)NC(=O)CCCCCCCCC/C=C\CCCCCCCCCCCCOC(=O)CCCCCCCCCCCCCC. The van der Waals surface area contributed by atoms with Crippen molar-refractivity contribution in [1.82, 2.24) is 5.32 Å². The number of allylic oxidation sites excluding steroid dienone is 3. The first-order chi connectivity index (χ1) is 35.0. The van der Waals surface area contributed by atoms with Gasteiger partial charge in [0.15, 0.2) is 0 Å². The molecule has 6 nitrogen and oxygen atoms in total. The number of hydrogen-bond donors (Lipinski definition) is 3. The van der Waals surface area contributed by atoms with Crippen molar-refractivity contribution in [2.75, 3.05) is 13.2 Å². The summed E-state index contributed by atoms with van der Waals surface area (Å²) in [6.45, 7) is 4.92. The average Bonchev–Trinajstić information content (AvgIpc) is 3.37. The highest BCUT2D eigenvalue weighted by atomic mass is 16.5. The predicted octanol–water partition coefficient (Wildman–Crippen LogP) is 20.2. The van der Waals surface area contributed by atoms with Crippen LogP contribution in [0.15, 0.2) is 24.3 Å². The number of hydrogen-bond acceptors (Lipinski definition) is 5. The molecule has 0 spiro atoms. The number of amides is 1. The summed E-state index contributed by atoms with van der Waals surface area (Å²) in [6, 6.07) is -0.634. The van der Waals surface area contributed by atoms with E-state index in [1.54, 1.807) is 6.08 Å². The topological polar surface area (TPSA) is 95.9 Å². The Bertz CT molecular complexity index is 1110. The number of carbonyl (C=O) groups excluding carboxylic acids is 2. The van der Waals surface area contributed by atoms with Gasteiger partial charge in [-0.3, -0.25) is 9.59 Å². The zero-order chi connectivity index (χ0) is 51.4. The molecule has 0 fully saturated rings. The smallest absolute Gasteiger partial charge is 0.305 e. The van der Waals surface area contributed by atoms with Gasteiger partial charge in [0.2, 0.25) is 5.91 Å². The first-order valence-corrected chi connectivity index (χ1v) is 32.1. The zero-order valence-corrected chi connectivity index (χ0v) is 48.0. The lowest BCUT2D eigenvalue weighted by Gasteiger charge is -2.20. The third kappa shape index (κ3) is 57.5. The molecule has 420 valence electrons. The molecule has 2 atom stereocenters. The van der Waals surface area contributed by atoms with Crippen LogP contribution in [0.4, 0.5) is 0 Å². The van der Waals surface area contributed by atoms with Crippen molar-refractivity contribution in [2.24, 2.45) is 0 Å². The van der Waals surface area contributed by atoms with Crippen LogP contribution in [0.2, 0.25) is 0 Å². The van der Waals surface area contributed by atoms with Gasteiger partial charge >= 0.3 is 5.97 Å². The van der Waals surface area contributed by atoms with Crippen LogP contribution in [-0.2, 0) is 14.3 Å². The molecule has 0 rings (SSSR count). The van der Waals surface area contributed by atoms with Crippen molar-refractivity contribution in [3.8, 4) is 0 Å². The average molecular weight is 1000 g/mol. The number of aliphatic hydroxyl groups is 2. The van der Waals surface area contributed by atoms with Crippen molar-refractivity contribution in [3.63, 3.8) is 0 Å². The van der Waals surface area contributed by atoms with Crippen LogP contribution in [0, 0.1) is 0 Å². The molecule has 3 N–H and O–H groups in total. The first-order valence-electron chi connectivity index (χ1n) is 32.1. The number of esters is 1. The largest absolute Gasteiger partial charge is 0.466 e. The Morgan fingerprint density at radius 3 is 1.00 bits per heavy atom. The molecule has 0 saturated heterocycles. The van der Waals surface area contributed by atoms with Gasteiger partial charge in [-0.15, -0.1) is 0 Å². The van der Waals surface area contributed by atoms with E-state index in [9.17, 15) is 19.8 Å². The Morgan fingerprint density at radius 2 is 0.662 bits per heavy atom. The Hall–Kier alpha value is -1.66. The van der Waals surface area contributed by atoms with E-state index < -0.39 is 12.1 Å². The van der Waals surface area contributed by atoms with E-state index in [0.29, 0.717) is 19.4 Å². The molecular weight excluding hydrogens is 875 g/mol. The Kier molecular flexibility index (Phi) is 59.5. The van der Waals surface area contributed by atoms with E-state index >= 15 is 0 Å². The van der Waals surface area contributed by atoms with Crippen LogP contribution in [0.3, 0.4) is 0 Å². The minimum absolute atomic E-state index is 0.00877. The molecule has 0 aromatic carbocycles. The highest BCUT2D eigenvalue weighted by Gasteiger charge is 2.18. The molecule has 0 radical (unpaired) electrons. The van der Waals surface area contributed by atoms with Gasteiger partial charge < -0.3 is 20.3 Å². The summed E-state index contributed by atoms with van der Waals surface area (Å²) in [5.74, 6) is -0.0637. The fourth-order valence-corrected chi connectivity index (χ4v) is 10.0. The molecule has 1 amide bonds. The second-order valence-corrected chi connectivity index (χ2v) is 22.1. The van der Waals surface area contributed by atoms with Crippen LogP contribution >= 0.6 is 0 Å². The van der Waals surface area contributed by atoms with Gasteiger partial charge in [0, 0.05) is 12.8 Å². The molecular formula is C65H125NO5. The second kappa shape index (κ2) is 60.9. The molecule has 0 aromatic rings. The lowest BCUT2D eigenvalue weighted by molar-refractivity contribution is -0.143. The maximum atomic E-state index is 12.5. The normalized spacial score (nSPS) is 12.7. The summed E-state index contributed by atoms with van der Waals surface area (Å²) in [5.41, 5.74) is 0. The van der Waals surface area contributed by atoms with E-state index in [0.717, 1.165) is 44.9 Å². The number of ether oxygens (including phenoxy) is 1. The monoisotopic (exact) mass is 1000 g/mol. The fraction of sp³-hybridized carbons (Fsp3) is 0.908. The minimum Gasteiger partial charge on any atom is -0.466 e. The molecule has 71 heavy (non-hydrogen) atoms. The first kappa shape index (κ1) is 69.3. The van der Waals surface area contributed by atoms with Crippen LogP contribution < -0.4 is 5.32 Å². The summed E-state index contributed by atoms with van der Waals surface area (Å²) in [6.07, 6.45) is 75.1. The van der Waals surface area contributed by atoms with Crippen molar-refractivity contribution >= 4 is 11.9 Å². The van der Waals surface area contributed by atoms with E-state index in [1.165, 1.54) is 283 Å². The number of aliphatic hydroxyl groups excluding tert-OH is 2. The second-order valence-electron chi connectivity index (χ2n) is 22.1. The predicted molar refractivity (Wildman–Crippen MR) is 310 cm³/mol. The number of carbonyl (C=O) groups is 2. The zero-order valence-electron chi connectivity index (χ0n) is 48.0. The molecule has 6 heteroatoms. The fourth-order valence-electron chi connectivity index (χ4n) is 10.0. The third-order valence-electron chi connectivity index (χ3n) is 15.0. The Labute approximate surface area is 443 Å². The van der Waals surface area contributed by atoms with Gasteiger partial charge in [-0.05, 0) is 57.8 Å². The van der Waals surface area contributed by atoms with Crippen molar-refractivity contribution in [3.05, 3.63) is 24.3 Å². The summed E-state index contributed by atoms with van der Waals surface area (Å²) in [4.78, 5) is 24.5. The van der Waals surface area contributed by atoms with Crippen molar-refractivity contribution in [2.45, 2.75) is 366 Å². The van der Waals surface area contributed by atoms with Crippen molar-refractivity contribution in [1.29, 1.82) is 0 Å².